The molecule has 6 nitrogen and oxygen atoms in total. The van der Waals surface area contributed by atoms with Gasteiger partial charge in [-0.2, -0.15) is 0 Å². The van der Waals surface area contributed by atoms with Crippen LogP contribution in [0.4, 0.5) is 0 Å². The zero-order chi connectivity index (χ0) is 18.9. The highest BCUT2D eigenvalue weighted by Gasteiger charge is 2.19. The van der Waals surface area contributed by atoms with Gasteiger partial charge in [0.2, 0.25) is 0 Å². The van der Waals surface area contributed by atoms with Crippen molar-refractivity contribution < 1.29 is 4.74 Å². The number of nitrogens with zero attached hydrogens (tertiary/aromatic N) is 4. The molecule has 0 saturated carbocycles. The number of piperazine rings is 1. The molecule has 28 heavy (non-hydrogen) atoms. The van der Waals surface area contributed by atoms with Crippen molar-refractivity contribution >= 4 is 29.9 Å². The summed E-state index contributed by atoms with van der Waals surface area (Å²) in [5.74, 6) is 1.74. The van der Waals surface area contributed by atoms with E-state index in [0.29, 0.717) is 13.2 Å². The van der Waals surface area contributed by atoms with E-state index in [-0.39, 0.29) is 24.0 Å². The van der Waals surface area contributed by atoms with Gasteiger partial charge in [-0.15, -0.1) is 24.0 Å². The second-order valence-electron chi connectivity index (χ2n) is 6.76. The molecule has 1 saturated heterocycles. The Bertz CT molecular complexity index is 733. The SMILES string of the molecule is CN=C(NCCOc1cccnc1)N1CCN(Cc2cccc(C)c2)CC1.I. The van der Waals surface area contributed by atoms with E-state index < -0.39 is 0 Å². The molecule has 7 heteroatoms. The summed E-state index contributed by atoms with van der Waals surface area (Å²) in [5, 5.41) is 3.39. The minimum Gasteiger partial charge on any atom is -0.490 e. The Balaban J connectivity index is 0.00000280. The Morgan fingerprint density at radius 1 is 1.18 bits per heavy atom. The van der Waals surface area contributed by atoms with Crippen molar-refractivity contribution in [2.45, 2.75) is 13.5 Å². The zero-order valence-corrected chi connectivity index (χ0v) is 19.0. The van der Waals surface area contributed by atoms with E-state index in [0.717, 1.165) is 44.4 Å². The summed E-state index contributed by atoms with van der Waals surface area (Å²) in [6.45, 7) is 8.50. The molecular weight excluding hydrogens is 465 g/mol. The number of guanidine groups is 1. The van der Waals surface area contributed by atoms with Crippen molar-refractivity contribution in [2.75, 3.05) is 46.4 Å². The molecule has 0 radical (unpaired) electrons. The van der Waals surface area contributed by atoms with Crippen LogP contribution in [0.25, 0.3) is 0 Å². The maximum Gasteiger partial charge on any atom is 0.193 e. The number of hydrogen-bond donors (Lipinski definition) is 1. The van der Waals surface area contributed by atoms with Crippen LogP contribution in [0, 0.1) is 6.92 Å². The highest BCUT2D eigenvalue weighted by Crippen LogP contribution is 2.10. The van der Waals surface area contributed by atoms with Gasteiger partial charge in [-0.05, 0) is 24.6 Å². The molecule has 0 unspecified atom stereocenters. The minimum atomic E-state index is 0. The van der Waals surface area contributed by atoms with Crippen molar-refractivity contribution in [3.05, 3.63) is 59.9 Å². The van der Waals surface area contributed by atoms with Gasteiger partial charge in [-0.3, -0.25) is 14.9 Å². The first-order valence-corrected chi connectivity index (χ1v) is 9.51. The van der Waals surface area contributed by atoms with E-state index in [1.54, 1.807) is 12.4 Å². The molecule has 1 fully saturated rings. The molecule has 1 aromatic carbocycles. The number of nitrogens with one attached hydrogen (secondary N) is 1. The number of aliphatic imine (C=N–C) groups is 1. The predicted octanol–water partition coefficient (Wildman–Crippen LogP) is 2.78. The van der Waals surface area contributed by atoms with Crippen LogP contribution in [0.15, 0.2) is 53.8 Å². The first kappa shape index (κ1) is 22.4. The van der Waals surface area contributed by atoms with Crippen LogP contribution >= 0.6 is 24.0 Å². The number of ether oxygens (including phenoxy) is 1. The molecule has 0 aliphatic carbocycles. The third-order valence-electron chi connectivity index (χ3n) is 4.66. The Labute approximate surface area is 185 Å². The smallest absolute Gasteiger partial charge is 0.193 e. The summed E-state index contributed by atoms with van der Waals surface area (Å²) < 4.78 is 5.67. The van der Waals surface area contributed by atoms with Gasteiger partial charge in [0.15, 0.2) is 5.96 Å². The summed E-state index contributed by atoms with van der Waals surface area (Å²) in [5.41, 5.74) is 2.71. The van der Waals surface area contributed by atoms with Crippen molar-refractivity contribution in [1.29, 1.82) is 0 Å². The van der Waals surface area contributed by atoms with Gasteiger partial charge < -0.3 is 15.0 Å². The van der Waals surface area contributed by atoms with Crippen LogP contribution in [0.1, 0.15) is 11.1 Å². The van der Waals surface area contributed by atoms with Gasteiger partial charge in [0, 0.05) is 46.0 Å². The summed E-state index contributed by atoms with van der Waals surface area (Å²) in [7, 11) is 1.84. The Morgan fingerprint density at radius 3 is 2.68 bits per heavy atom. The Kier molecular flexibility index (Phi) is 9.49. The largest absolute Gasteiger partial charge is 0.490 e. The Morgan fingerprint density at radius 2 is 2.00 bits per heavy atom. The average Bonchev–Trinajstić information content (AvgIpc) is 2.70. The first-order chi connectivity index (χ1) is 13.2. The van der Waals surface area contributed by atoms with Crippen LogP contribution in [0.3, 0.4) is 0 Å². The van der Waals surface area contributed by atoms with Gasteiger partial charge in [0.25, 0.3) is 0 Å². The van der Waals surface area contributed by atoms with Crippen LogP contribution < -0.4 is 10.1 Å². The number of aromatic nitrogens is 1. The fourth-order valence-corrected chi connectivity index (χ4v) is 3.28. The highest BCUT2D eigenvalue weighted by molar-refractivity contribution is 14.0. The normalized spacial score (nSPS) is 15.1. The number of hydrogen-bond acceptors (Lipinski definition) is 4. The quantitative estimate of drug-likeness (QED) is 0.289. The van der Waals surface area contributed by atoms with Gasteiger partial charge in [-0.25, -0.2) is 0 Å². The lowest BCUT2D eigenvalue weighted by atomic mass is 10.1. The van der Waals surface area contributed by atoms with Crippen LogP contribution in [0.2, 0.25) is 0 Å². The summed E-state index contributed by atoms with van der Waals surface area (Å²) in [6.07, 6.45) is 3.47. The molecule has 1 aliphatic heterocycles. The lowest BCUT2D eigenvalue weighted by Gasteiger charge is -2.36. The molecule has 152 valence electrons. The van der Waals surface area contributed by atoms with E-state index in [1.165, 1.54) is 11.1 Å². The lowest BCUT2D eigenvalue weighted by molar-refractivity contribution is 0.172. The standard InChI is InChI=1S/C21H29N5O.HI/c1-18-5-3-6-19(15-18)17-25-10-12-26(13-11-25)21(22-2)24-9-14-27-20-7-4-8-23-16-20;/h3-8,15-16H,9-14,17H2,1-2H3,(H,22,24);1H. The molecule has 2 aromatic rings. The third kappa shape index (κ3) is 6.94. The summed E-state index contributed by atoms with van der Waals surface area (Å²) >= 11 is 0. The number of halogens is 1. The minimum absolute atomic E-state index is 0. The maximum atomic E-state index is 5.67. The highest BCUT2D eigenvalue weighted by atomic mass is 127. The molecule has 0 spiro atoms. The third-order valence-corrected chi connectivity index (χ3v) is 4.66. The predicted molar refractivity (Wildman–Crippen MR) is 125 cm³/mol. The van der Waals surface area contributed by atoms with Crippen LogP contribution in [-0.2, 0) is 6.54 Å². The van der Waals surface area contributed by atoms with E-state index >= 15 is 0 Å². The Hall–Kier alpha value is -1.87. The maximum absolute atomic E-state index is 5.67. The fourth-order valence-electron chi connectivity index (χ4n) is 3.28. The molecule has 0 bridgehead atoms. The summed E-state index contributed by atoms with van der Waals surface area (Å²) in [4.78, 5) is 13.3. The lowest BCUT2D eigenvalue weighted by Crippen LogP contribution is -2.52. The topological polar surface area (TPSA) is 53.0 Å². The number of pyridine rings is 1. The van der Waals surface area contributed by atoms with E-state index in [9.17, 15) is 0 Å². The van der Waals surface area contributed by atoms with E-state index in [2.05, 4.69) is 56.3 Å². The van der Waals surface area contributed by atoms with E-state index in [4.69, 9.17) is 4.74 Å². The molecule has 2 heterocycles. The van der Waals surface area contributed by atoms with Gasteiger partial charge in [0.05, 0.1) is 12.7 Å². The fraction of sp³-hybridized carbons (Fsp3) is 0.429. The second-order valence-corrected chi connectivity index (χ2v) is 6.76. The van der Waals surface area contributed by atoms with Crippen molar-refractivity contribution in [2.24, 2.45) is 4.99 Å². The van der Waals surface area contributed by atoms with Crippen LogP contribution in [-0.4, -0.2) is 67.1 Å². The average molecular weight is 495 g/mol. The molecule has 0 atom stereocenters. The molecular formula is C21H30IN5O. The number of rotatable bonds is 6. The monoisotopic (exact) mass is 495 g/mol. The summed E-state index contributed by atoms with van der Waals surface area (Å²) in [6, 6.07) is 12.6. The first-order valence-electron chi connectivity index (χ1n) is 9.51. The zero-order valence-electron chi connectivity index (χ0n) is 16.7. The molecule has 1 aromatic heterocycles. The number of aryl methyl sites for hydroxylation is 1. The molecule has 0 amide bonds. The number of benzene rings is 1. The van der Waals surface area contributed by atoms with Crippen molar-refractivity contribution in [3.8, 4) is 5.75 Å². The van der Waals surface area contributed by atoms with Gasteiger partial charge >= 0.3 is 0 Å². The van der Waals surface area contributed by atoms with Crippen LogP contribution in [0.5, 0.6) is 5.75 Å². The molecule has 1 N–H and O–H groups in total. The molecule has 3 rings (SSSR count). The van der Waals surface area contributed by atoms with Crippen molar-refractivity contribution in [3.63, 3.8) is 0 Å². The van der Waals surface area contributed by atoms with Crippen molar-refractivity contribution in [1.82, 2.24) is 20.1 Å². The molecule has 1 aliphatic rings. The van der Waals surface area contributed by atoms with E-state index in [1.807, 2.05) is 19.2 Å². The van der Waals surface area contributed by atoms with Gasteiger partial charge in [-0.1, -0.05) is 29.8 Å². The van der Waals surface area contributed by atoms with Gasteiger partial charge in [0.1, 0.15) is 12.4 Å². The second kappa shape index (κ2) is 11.9.